The SMILES string of the molecule is C=Cc1ccccn1.[CH]12[CH]3[CH]4[CH]5[CH]1[Fe]23451678[CH]2[CH]1[CH]6[CH]7[CH]28. The van der Waals surface area contributed by atoms with Crippen molar-refractivity contribution < 1.29 is 6.51 Å². The van der Waals surface area contributed by atoms with Crippen LogP contribution in [0.3, 0.4) is 0 Å². The second kappa shape index (κ2) is 0.674. The quantitative estimate of drug-likeness (QED) is 0.656. The zero-order chi connectivity index (χ0) is 11.9. The van der Waals surface area contributed by atoms with Crippen molar-refractivity contribution >= 4 is 6.08 Å². The average Bonchev–Trinajstić information content (AvgIpc) is 3.41. The van der Waals surface area contributed by atoms with Crippen LogP contribution >= 0.6 is 0 Å². The van der Waals surface area contributed by atoms with Gasteiger partial charge in [-0.2, -0.15) is 0 Å². The van der Waals surface area contributed by atoms with E-state index in [0.717, 1.165) is 5.69 Å². The van der Waals surface area contributed by atoms with Gasteiger partial charge in [0.05, 0.1) is 5.69 Å². The maximum atomic E-state index is 3.98. The molecule has 11 rings (SSSR count). The summed E-state index contributed by atoms with van der Waals surface area (Å²) in [5.74, 6) is 0. The molecule has 0 radical (unpaired) electrons. The molecular formula is C17H17FeN. The third kappa shape index (κ3) is 0.0943. The van der Waals surface area contributed by atoms with Gasteiger partial charge in [0.2, 0.25) is 0 Å². The first kappa shape index (κ1) is 7.43. The van der Waals surface area contributed by atoms with Gasteiger partial charge >= 0.3 is 54.7 Å². The van der Waals surface area contributed by atoms with Crippen LogP contribution < -0.4 is 0 Å². The first-order valence-corrected chi connectivity index (χ1v) is 14.2. The summed E-state index contributed by atoms with van der Waals surface area (Å²) >= 11 is 0. The summed E-state index contributed by atoms with van der Waals surface area (Å²) in [5, 5.41) is 0. The zero-order valence-electron chi connectivity index (χ0n) is 10.7. The van der Waals surface area contributed by atoms with E-state index in [4.69, 9.17) is 0 Å². The Morgan fingerprint density at radius 2 is 1.32 bits per heavy atom. The van der Waals surface area contributed by atoms with Crippen LogP contribution in [0, 0.1) is 0 Å². The molecular weight excluding hydrogens is 274 g/mol. The average molecular weight is 291 g/mol. The van der Waals surface area contributed by atoms with Gasteiger partial charge in [0.15, 0.2) is 0 Å². The molecule has 0 N–H and O–H groups in total. The summed E-state index contributed by atoms with van der Waals surface area (Å²) in [6.07, 6.45) is 3.47. The van der Waals surface area contributed by atoms with E-state index in [-0.39, 0.29) is 0 Å². The number of hydrogen-bond donors (Lipinski definition) is 0. The standard InChI is InChI=1S/C7H7N.2C5H5.Fe/c1-2-7-5-3-4-6-8-7;2*1-2-4-5-3-1;/h2-6H,1H2;2*1-5H;. The number of pyridine rings is 1. The summed E-state index contributed by atoms with van der Waals surface area (Å²) < 4.78 is 0. The number of fused-ring (bicyclic) bond motifs is 10. The summed E-state index contributed by atoms with van der Waals surface area (Å²) in [6.45, 7) is 1.29. The summed E-state index contributed by atoms with van der Waals surface area (Å²) in [4.78, 5) is 19.9. The van der Waals surface area contributed by atoms with Crippen molar-refractivity contribution in [2.75, 3.05) is 0 Å². The second-order valence-corrected chi connectivity index (χ2v) is 35.0. The predicted molar refractivity (Wildman–Crippen MR) is 71.8 cm³/mol. The molecule has 10 aliphatic rings. The second-order valence-electron chi connectivity index (χ2n) is 11.0. The third-order valence-electron chi connectivity index (χ3n) is 15.4. The first-order chi connectivity index (χ1) is 9.09. The Morgan fingerprint density at radius 3 is 1.47 bits per heavy atom. The molecule has 0 saturated carbocycles. The molecule has 10 aliphatic heterocycles. The fraction of sp³-hybridized carbons (Fsp3) is 0.588. The molecule has 19 heavy (non-hydrogen) atoms. The zero-order valence-corrected chi connectivity index (χ0v) is 11.8. The van der Waals surface area contributed by atoms with Crippen molar-refractivity contribution in [3.8, 4) is 0 Å². The number of aromatic nitrogens is 1. The number of nitrogens with zero attached hydrogens (tertiary/aromatic N) is 1. The number of rotatable bonds is 1. The van der Waals surface area contributed by atoms with Crippen molar-refractivity contribution in [1.29, 1.82) is 0 Å². The van der Waals surface area contributed by atoms with Crippen molar-refractivity contribution in [3.63, 3.8) is 0 Å². The van der Waals surface area contributed by atoms with Gasteiger partial charge in [0.1, 0.15) is 0 Å². The topological polar surface area (TPSA) is 12.9 Å². The van der Waals surface area contributed by atoms with Crippen LogP contribution in [0.1, 0.15) is 5.69 Å². The van der Waals surface area contributed by atoms with Gasteiger partial charge in [-0.3, -0.25) is 4.98 Å². The van der Waals surface area contributed by atoms with Gasteiger partial charge in [-0.05, 0) is 18.2 Å². The Morgan fingerprint density at radius 1 is 0.842 bits per heavy atom. The molecule has 0 amide bonds. The van der Waals surface area contributed by atoms with E-state index in [2.05, 4.69) is 11.6 Å². The Hall–Kier alpha value is -0.591. The van der Waals surface area contributed by atoms with Crippen molar-refractivity contribution in [3.05, 3.63) is 36.7 Å². The van der Waals surface area contributed by atoms with E-state index in [0.29, 0.717) is 0 Å². The van der Waals surface area contributed by atoms with Crippen LogP contribution in [-0.2, 0) is 6.51 Å². The van der Waals surface area contributed by atoms with Gasteiger partial charge in [-0.1, -0.05) is 12.6 Å². The molecule has 11 heterocycles. The molecule has 1 aromatic heterocycles. The molecule has 98 valence electrons. The normalized spacial score (nSPS) is 103. The Balaban J connectivity index is 0.0000000821. The monoisotopic (exact) mass is 291 g/mol. The molecule has 1 aromatic rings. The van der Waals surface area contributed by atoms with Crippen molar-refractivity contribution in [2.24, 2.45) is 0 Å². The first-order valence-electron chi connectivity index (χ1n) is 7.84. The van der Waals surface area contributed by atoms with Gasteiger partial charge in [-0.15, -0.1) is 0 Å². The molecule has 2 heteroatoms. The van der Waals surface area contributed by atoms with Gasteiger partial charge in [0.25, 0.3) is 0 Å². The summed E-state index contributed by atoms with van der Waals surface area (Å²) in [7, 11) is 0. The van der Waals surface area contributed by atoms with Crippen LogP contribution in [0.5, 0.6) is 0 Å². The molecule has 1 spiro atoms. The molecule has 0 aromatic carbocycles. The van der Waals surface area contributed by atoms with E-state index in [9.17, 15) is 0 Å². The van der Waals surface area contributed by atoms with Crippen LogP contribution in [0.4, 0.5) is 0 Å². The molecule has 0 aliphatic carbocycles. The summed E-state index contributed by atoms with van der Waals surface area (Å²) in [5.41, 5.74) is 0.924. The molecule has 0 unspecified atom stereocenters. The minimum absolute atomic E-state index is 0.924. The predicted octanol–water partition coefficient (Wildman–Crippen LogP) is 5.10. The van der Waals surface area contributed by atoms with Crippen molar-refractivity contribution in [1.82, 2.24) is 4.98 Å². The van der Waals surface area contributed by atoms with Crippen LogP contribution in [-0.4, -0.2) is 4.98 Å². The number of hydrogen-bond acceptors (Lipinski definition) is 1. The Labute approximate surface area is 102 Å². The van der Waals surface area contributed by atoms with E-state index in [1.54, 1.807) is 60.4 Å². The molecule has 1 nitrogen and oxygen atoms in total. The van der Waals surface area contributed by atoms with E-state index >= 15 is 0 Å². The molecule has 10 saturated heterocycles. The van der Waals surface area contributed by atoms with Gasteiger partial charge < -0.3 is 0 Å². The van der Waals surface area contributed by atoms with Crippen LogP contribution in [0.15, 0.2) is 31.0 Å². The van der Waals surface area contributed by atoms with E-state index in [1.165, 1.54) is 0 Å². The van der Waals surface area contributed by atoms with Gasteiger partial charge in [0, 0.05) is 6.20 Å². The Kier molecular flexibility index (Phi) is 0.263. The fourth-order valence-electron chi connectivity index (χ4n) is 16.3. The van der Waals surface area contributed by atoms with E-state index < -0.39 is 6.51 Å². The van der Waals surface area contributed by atoms with Gasteiger partial charge in [-0.25, -0.2) is 0 Å². The van der Waals surface area contributed by atoms with Crippen LogP contribution in [0.2, 0.25) is 48.2 Å². The van der Waals surface area contributed by atoms with E-state index in [1.807, 2.05) is 18.2 Å². The van der Waals surface area contributed by atoms with Crippen LogP contribution in [0.25, 0.3) is 6.08 Å². The van der Waals surface area contributed by atoms with Crippen molar-refractivity contribution in [2.45, 2.75) is 48.2 Å². The third-order valence-corrected chi connectivity index (χ3v) is 57.4. The molecule has 0 atom stereocenters. The minimum atomic E-state index is -2.28. The maximum absolute atomic E-state index is 3.98. The fourth-order valence-corrected chi connectivity index (χ4v) is 88.5. The molecule has 10 fully saturated rings. The molecule has 0 bridgehead atoms. The summed E-state index contributed by atoms with van der Waals surface area (Å²) in [6, 6.07) is 5.73. The Bertz CT molecular complexity index is 890.